The highest BCUT2D eigenvalue weighted by Crippen LogP contribution is 2.26. The maximum absolute atomic E-state index is 11.5. The smallest absolute Gasteiger partial charge is 0.258 e. The van der Waals surface area contributed by atoms with Crippen molar-refractivity contribution in [3.63, 3.8) is 0 Å². The van der Waals surface area contributed by atoms with Gasteiger partial charge in [-0.15, -0.1) is 0 Å². The van der Waals surface area contributed by atoms with Crippen LogP contribution in [0.5, 0.6) is 0 Å². The molecule has 0 saturated carbocycles. The van der Waals surface area contributed by atoms with Gasteiger partial charge in [0.25, 0.3) is 14.7 Å². The van der Waals surface area contributed by atoms with E-state index in [1.807, 2.05) is 30.3 Å². The van der Waals surface area contributed by atoms with Crippen molar-refractivity contribution in [1.82, 2.24) is 0 Å². The number of hydrogen-bond donors (Lipinski definition) is 0. The molecule has 7 heteroatoms. The highest BCUT2D eigenvalue weighted by Gasteiger charge is 2.19. The fraction of sp³-hybridized carbons (Fsp3) is 0.0769. The quantitative estimate of drug-likeness (QED) is 0.494. The fourth-order valence-corrected chi connectivity index (χ4v) is 3.00. The first-order valence-corrected chi connectivity index (χ1v) is 7.95. The highest BCUT2D eigenvalue weighted by atomic mass is 35.7. The normalized spacial score (nSPS) is 11.2. The standard InChI is InChI=1S/C13H10ClNO4S/c14-20(18,19)13-7-6-12(15(16)17)9-11(13)8-10-4-2-1-3-5-10/h1-7,9H,8H2. The maximum atomic E-state index is 11.5. The van der Waals surface area contributed by atoms with Crippen LogP contribution in [0, 0.1) is 10.1 Å². The molecule has 0 spiro atoms. The number of benzene rings is 2. The molecule has 0 fully saturated rings. The third kappa shape index (κ3) is 3.34. The van der Waals surface area contributed by atoms with E-state index in [0.29, 0.717) is 5.56 Å². The second-order valence-electron chi connectivity index (χ2n) is 4.15. The molecule has 0 aliphatic rings. The minimum Gasteiger partial charge on any atom is -0.258 e. The molecule has 0 aliphatic carbocycles. The molecule has 0 saturated heterocycles. The lowest BCUT2D eigenvalue weighted by Gasteiger charge is -2.07. The van der Waals surface area contributed by atoms with Crippen LogP contribution in [0.4, 0.5) is 5.69 Å². The monoisotopic (exact) mass is 311 g/mol. The van der Waals surface area contributed by atoms with E-state index in [-0.39, 0.29) is 17.0 Å². The van der Waals surface area contributed by atoms with Gasteiger partial charge in [0, 0.05) is 22.8 Å². The van der Waals surface area contributed by atoms with E-state index in [1.165, 1.54) is 12.1 Å². The van der Waals surface area contributed by atoms with E-state index in [4.69, 9.17) is 10.7 Å². The van der Waals surface area contributed by atoms with Crippen molar-refractivity contribution >= 4 is 25.4 Å². The zero-order chi connectivity index (χ0) is 14.8. The zero-order valence-corrected chi connectivity index (χ0v) is 11.8. The van der Waals surface area contributed by atoms with Crippen LogP contribution >= 0.6 is 10.7 Å². The Morgan fingerprint density at radius 3 is 2.30 bits per heavy atom. The summed E-state index contributed by atoms with van der Waals surface area (Å²) in [5, 5.41) is 10.8. The van der Waals surface area contributed by atoms with E-state index in [0.717, 1.165) is 11.6 Å². The van der Waals surface area contributed by atoms with Crippen molar-refractivity contribution in [1.29, 1.82) is 0 Å². The predicted octanol–water partition coefficient (Wildman–Crippen LogP) is 3.11. The van der Waals surface area contributed by atoms with Crippen molar-refractivity contribution in [2.24, 2.45) is 0 Å². The number of nitro groups is 1. The molecule has 2 rings (SSSR count). The van der Waals surface area contributed by atoms with Gasteiger partial charge in [-0.1, -0.05) is 30.3 Å². The molecule has 0 aromatic heterocycles. The molecule has 0 unspecified atom stereocenters. The summed E-state index contributed by atoms with van der Waals surface area (Å²) in [5.74, 6) is 0. The number of nitrogens with zero attached hydrogens (tertiary/aromatic N) is 1. The molecule has 104 valence electrons. The third-order valence-electron chi connectivity index (χ3n) is 2.75. The second kappa shape index (κ2) is 5.60. The number of hydrogen-bond acceptors (Lipinski definition) is 4. The van der Waals surface area contributed by atoms with E-state index in [1.54, 1.807) is 0 Å². The average Bonchev–Trinajstić information content (AvgIpc) is 2.38. The second-order valence-corrected chi connectivity index (χ2v) is 6.68. The Labute approximate surface area is 120 Å². The van der Waals surface area contributed by atoms with Gasteiger partial charge >= 0.3 is 0 Å². The van der Waals surface area contributed by atoms with Crippen LogP contribution in [0.25, 0.3) is 0 Å². The summed E-state index contributed by atoms with van der Waals surface area (Å²) in [7, 11) is 1.42. The Morgan fingerprint density at radius 2 is 1.75 bits per heavy atom. The van der Waals surface area contributed by atoms with Crippen molar-refractivity contribution in [3.8, 4) is 0 Å². The minimum absolute atomic E-state index is 0.103. The van der Waals surface area contributed by atoms with Gasteiger partial charge in [-0.2, -0.15) is 0 Å². The Morgan fingerprint density at radius 1 is 1.10 bits per heavy atom. The van der Waals surface area contributed by atoms with Gasteiger partial charge < -0.3 is 0 Å². The Bertz CT molecular complexity index is 744. The van der Waals surface area contributed by atoms with Gasteiger partial charge in [0.05, 0.1) is 9.82 Å². The van der Waals surface area contributed by atoms with Crippen LogP contribution in [-0.4, -0.2) is 13.3 Å². The first kappa shape index (κ1) is 14.5. The molecule has 2 aromatic rings. The molecule has 0 aliphatic heterocycles. The molecule has 0 heterocycles. The van der Waals surface area contributed by atoms with Gasteiger partial charge in [-0.25, -0.2) is 8.42 Å². The Kier molecular flexibility index (Phi) is 4.06. The van der Waals surface area contributed by atoms with Crippen LogP contribution in [0.15, 0.2) is 53.4 Å². The Balaban J connectivity index is 2.53. The van der Waals surface area contributed by atoms with Gasteiger partial charge in [-0.05, 0) is 23.6 Å². The van der Waals surface area contributed by atoms with E-state index in [2.05, 4.69) is 0 Å². The predicted molar refractivity (Wildman–Crippen MR) is 75.4 cm³/mol. The van der Waals surface area contributed by atoms with Crippen LogP contribution < -0.4 is 0 Å². The lowest BCUT2D eigenvalue weighted by atomic mass is 10.0. The van der Waals surface area contributed by atoms with E-state index < -0.39 is 14.0 Å². The lowest BCUT2D eigenvalue weighted by molar-refractivity contribution is -0.385. The Hall–Kier alpha value is -1.92. The van der Waals surface area contributed by atoms with Crippen LogP contribution in [0.3, 0.4) is 0 Å². The molecule has 0 N–H and O–H groups in total. The molecular formula is C13H10ClNO4S. The highest BCUT2D eigenvalue weighted by molar-refractivity contribution is 8.13. The third-order valence-corrected chi connectivity index (χ3v) is 4.18. The van der Waals surface area contributed by atoms with Gasteiger partial charge in [-0.3, -0.25) is 10.1 Å². The average molecular weight is 312 g/mol. The summed E-state index contributed by atoms with van der Waals surface area (Å²) >= 11 is 0. The van der Waals surface area contributed by atoms with Gasteiger partial charge in [0.2, 0.25) is 0 Å². The number of nitro benzene ring substituents is 1. The number of non-ortho nitro benzene ring substituents is 1. The summed E-state index contributed by atoms with van der Waals surface area (Å²) in [6.07, 6.45) is 0.254. The van der Waals surface area contributed by atoms with E-state index in [9.17, 15) is 18.5 Å². The van der Waals surface area contributed by atoms with Crippen LogP contribution in [-0.2, 0) is 15.5 Å². The molecule has 0 radical (unpaired) electrons. The minimum atomic E-state index is -3.95. The van der Waals surface area contributed by atoms with Gasteiger partial charge in [0.15, 0.2) is 0 Å². The van der Waals surface area contributed by atoms with Gasteiger partial charge in [0.1, 0.15) is 0 Å². The van der Waals surface area contributed by atoms with Crippen LogP contribution in [0.2, 0.25) is 0 Å². The molecule has 0 bridgehead atoms. The van der Waals surface area contributed by atoms with Crippen molar-refractivity contribution < 1.29 is 13.3 Å². The van der Waals surface area contributed by atoms with E-state index >= 15 is 0 Å². The molecule has 0 amide bonds. The summed E-state index contributed by atoms with van der Waals surface area (Å²) < 4.78 is 23.0. The first-order valence-electron chi connectivity index (χ1n) is 5.64. The SMILES string of the molecule is O=[N+]([O-])c1ccc(S(=O)(=O)Cl)c(Cc2ccccc2)c1. The molecular weight excluding hydrogens is 302 g/mol. The lowest BCUT2D eigenvalue weighted by Crippen LogP contribution is -2.01. The molecule has 2 aromatic carbocycles. The van der Waals surface area contributed by atoms with Crippen molar-refractivity contribution in [3.05, 3.63) is 69.8 Å². The van der Waals surface area contributed by atoms with Crippen LogP contribution in [0.1, 0.15) is 11.1 Å². The molecule has 5 nitrogen and oxygen atoms in total. The molecule has 20 heavy (non-hydrogen) atoms. The number of rotatable bonds is 4. The largest absolute Gasteiger partial charge is 0.269 e. The summed E-state index contributed by atoms with van der Waals surface area (Å²) in [5.41, 5.74) is 0.981. The summed E-state index contributed by atoms with van der Waals surface area (Å²) in [4.78, 5) is 10.1. The molecule has 0 atom stereocenters. The fourth-order valence-electron chi connectivity index (χ4n) is 1.87. The number of halogens is 1. The first-order chi connectivity index (χ1) is 9.38. The summed E-state index contributed by atoms with van der Waals surface area (Å²) in [6, 6.07) is 12.6. The van der Waals surface area contributed by atoms with Crippen molar-refractivity contribution in [2.45, 2.75) is 11.3 Å². The zero-order valence-electron chi connectivity index (χ0n) is 10.2. The maximum Gasteiger partial charge on any atom is 0.269 e. The topological polar surface area (TPSA) is 77.3 Å². The van der Waals surface area contributed by atoms with Crippen molar-refractivity contribution in [2.75, 3.05) is 0 Å². The summed E-state index contributed by atoms with van der Waals surface area (Å²) in [6.45, 7) is 0.